The highest BCUT2D eigenvalue weighted by Gasteiger charge is 2.21. The normalized spacial score (nSPS) is 11.3. The van der Waals surface area contributed by atoms with Gasteiger partial charge in [-0.3, -0.25) is 14.8 Å². The van der Waals surface area contributed by atoms with Crippen molar-refractivity contribution in [1.82, 2.24) is 9.55 Å². The molecule has 0 aliphatic rings. The lowest BCUT2D eigenvalue weighted by Crippen LogP contribution is -2.21. The van der Waals surface area contributed by atoms with Crippen LogP contribution in [0, 0.1) is 19.3 Å². The fourth-order valence-corrected chi connectivity index (χ4v) is 3.89. The number of nitrogens with one attached hydrogen (secondary N) is 3. The predicted octanol–water partition coefficient (Wildman–Crippen LogP) is 4.65. The number of ether oxygens (including phenoxy) is 1. The number of aromatic amines is 1. The zero-order valence-corrected chi connectivity index (χ0v) is 20.8. The molecule has 1 amide bonds. The molecule has 0 bridgehead atoms. The van der Waals surface area contributed by atoms with E-state index in [0.717, 1.165) is 16.7 Å². The molecule has 0 fully saturated rings. The first-order valence-electron chi connectivity index (χ1n) is 11.7. The number of aromatic nitrogens is 2. The van der Waals surface area contributed by atoms with Crippen LogP contribution in [0.3, 0.4) is 0 Å². The third-order valence-electron chi connectivity index (χ3n) is 5.88. The van der Waals surface area contributed by atoms with Gasteiger partial charge in [-0.1, -0.05) is 59.7 Å². The molecule has 0 aliphatic heterocycles. The van der Waals surface area contributed by atoms with Gasteiger partial charge in [0.25, 0.3) is 5.91 Å². The average Bonchev–Trinajstić information content (AvgIpc) is 3.15. The number of hydrogen-bond acceptors (Lipinski definition) is 5. The third kappa shape index (κ3) is 5.87. The molecular formula is C29H28N4O4. The van der Waals surface area contributed by atoms with Crippen molar-refractivity contribution in [2.24, 2.45) is 0 Å². The molecule has 0 saturated heterocycles. The lowest BCUT2D eigenvalue weighted by Gasteiger charge is -2.12. The monoisotopic (exact) mass is 496 g/mol. The summed E-state index contributed by atoms with van der Waals surface area (Å²) in [5, 5.41) is 22.5. The summed E-state index contributed by atoms with van der Waals surface area (Å²) in [5.41, 5.74) is 3.24. The first kappa shape index (κ1) is 25.2. The zero-order valence-electron chi connectivity index (χ0n) is 20.8. The molecule has 4 rings (SSSR count). The van der Waals surface area contributed by atoms with Gasteiger partial charge in [0.2, 0.25) is 5.88 Å². The molecular weight excluding hydrogens is 468 g/mol. The van der Waals surface area contributed by atoms with E-state index in [2.05, 4.69) is 10.3 Å². The Morgan fingerprint density at radius 1 is 1.05 bits per heavy atom. The number of amides is 1. The minimum absolute atomic E-state index is 0.0272. The van der Waals surface area contributed by atoms with Crippen molar-refractivity contribution >= 4 is 23.4 Å². The number of anilines is 1. The minimum Gasteiger partial charge on any atom is -0.497 e. The Kier molecular flexibility index (Phi) is 7.39. The highest BCUT2D eigenvalue weighted by atomic mass is 16.5. The van der Waals surface area contributed by atoms with Gasteiger partial charge in [-0.05, 0) is 49.8 Å². The smallest absolute Gasteiger partial charge is 0.329 e. The van der Waals surface area contributed by atoms with E-state index in [-0.39, 0.29) is 29.4 Å². The zero-order chi connectivity index (χ0) is 26.5. The fourth-order valence-electron chi connectivity index (χ4n) is 3.89. The van der Waals surface area contributed by atoms with E-state index in [1.165, 1.54) is 17.8 Å². The van der Waals surface area contributed by atoms with Gasteiger partial charge >= 0.3 is 5.69 Å². The Bertz CT molecular complexity index is 1540. The van der Waals surface area contributed by atoms with Gasteiger partial charge in [0.1, 0.15) is 11.4 Å². The SMILES string of the molecule is COc1cccc(C(=N)/C(=C/c2[nH]c(=O)n(Cc3cccc(C)c3)c2O)C(=O)Nc2ccc(C)cc2)c1. The number of aryl methyl sites for hydroxylation is 2. The highest BCUT2D eigenvalue weighted by molar-refractivity contribution is 6.32. The molecule has 0 spiro atoms. The number of aromatic hydroxyl groups is 1. The van der Waals surface area contributed by atoms with Crippen LogP contribution in [-0.2, 0) is 11.3 Å². The van der Waals surface area contributed by atoms with Gasteiger partial charge in [0.15, 0.2) is 0 Å². The molecule has 37 heavy (non-hydrogen) atoms. The van der Waals surface area contributed by atoms with E-state index in [1.54, 1.807) is 36.4 Å². The molecule has 3 aromatic carbocycles. The Hall–Kier alpha value is -4.85. The molecule has 4 N–H and O–H groups in total. The number of carbonyl (C=O) groups excluding carboxylic acids is 1. The number of nitrogens with zero attached hydrogens (tertiary/aromatic N) is 1. The molecule has 188 valence electrons. The van der Waals surface area contributed by atoms with Gasteiger partial charge in [0.05, 0.1) is 24.9 Å². The summed E-state index contributed by atoms with van der Waals surface area (Å²) in [6.45, 7) is 4.03. The quantitative estimate of drug-likeness (QED) is 0.210. The predicted molar refractivity (Wildman–Crippen MR) is 145 cm³/mol. The van der Waals surface area contributed by atoms with Crippen molar-refractivity contribution in [3.63, 3.8) is 0 Å². The fraction of sp³-hybridized carbons (Fsp3) is 0.138. The van der Waals surface area contributed by atoms with Crippen LogP contribution in [0.2, 0.25) is 0 Å². The van der Waals surface area contributed by atoms with Crippen LogP contribution in [0.25, 0.3) is 6.08 Å². The van der Waals surface area contributed by atoms with Gasteiger partial charge < -0.3 is 20.1 Å². The van der Waals surface area contributed by atoms with E-state index in [9.17, 15) is 14.7 Å². The van der Waals surface area contributed by atoms with Crippen LogP contribution < -0.4 is 15.7 Å². The van der Waals surface area contributed by atoms with Gasteiger partial charge in [-0.15, -0.1) is 0 Å². The number of rotatable bonds is 8. The third-order valence-corrected chi connectivity index (χ3v) is 5.88. The lowest BCUT2D eigenvalue weighted by atomic mass is 10.00. The summed E-state index contributed by atoms with van der Waals surface area (Å²) in [5.74, 6) is -0.366. The topological polar surface area (TPSA) is 120 Å². The Morgan fingerprint density at radius 2 is 1.78 bits per heavy atom. The average molecular weight is 497 g/mol. The second kappa shape index (κ2) is 10.8. The molecule has 8 nitrogen and oxygen atoms in total. The molecule has 4 aromatic rings. The first-order valence-corrected chi connectivity index (χ1v) is 11.7. The maximum Gasteiger partial charge on any atom is 0.329 e. The largest absolute Gasteiger partial charge is 0.497 e. The Labute approximate surface area is 214 Å². The van der Waals surface area contributed by atoms with Crippen LogP contribution in [-0.4, -0.2) is 33.4 Å². The molecule has 0 radical (unpaired) electrons. The van der Waals surface area contributed by atoms with E-state index in [4.69, 9.17) is 10.1 Å². The van der Waals surface area contributed by atoms with E-state index < -0.39 is 11.6 Å². The summed E-state index contributed by atoms with van der Waals surface area (Å²) in [7, 11) is 1.52. The molecule has 0 saturated carbocycles. The lowest BCUT2D eigenvalue weighted by molar-refractivity contribution is -0.112. The molecule has 0 unspecified atom stereocenters. The maximum absolute atomic E-state index is 13.4. The number of carbonyl (C=O) groups is 1. The van der Waals surface area contributed by atoms with E-state index in [0.29, 0.717) is 17.0 Å². The van der Waals surface area contributed by atoms with Crippen molar-refractivity contribution in [3.8, 4) is 11.6 Å². The standard InChI is InChI=1S/C29H28N4O4/c1-18-10-12-22(13-11-18)31-27(34)24(26(30)21-8-5-9-23(15-21)37-3)16-25-28(35)33(29(36)32-25)17-20-7-4-6-19(2)14-20/h4-16,30,35H,17H2,1-3H3,(H,31,34)(H,32,36)/b24-16-,30-26?. The maximum atomic E-state index is 13.4. The summed E-state index contributed by atoms with van der Waals surface area (Å²) >= 11 is 0. The summed E-state index contributed by atoms with van der Waals surface area (Å²) < 4.78 is 6.45. The highest BCUT2D eigenvalue weighted by Crippen LogP contribution is 2.23. The van der Waals surface area contributed by atoms with E-state index >= 15 is 0 Å². The molecule has 1 aromatic heterocycles. The van der Waals surface area contributed by atoms with Crippen LogP contribution >= 0.6 is 0 Å². The molecule has 0 aliphatic carbocycles. The molecule has 8 heteroatoms. The van der Waals surface area contributed by atoms with Crippen molar-refractivity contribution in [3.05, 3.63) is 117 Å². The van der Waals surface area contributed by atoms with Crippen molar-refractivity contribution in [2.75, 3.05) is 12.4 Å². The van der Waals surface area contributed by atoms with Crippen molar-refractivity contribution < 1.29 is 14.6 Å². The van der Waals surface area contributed by atoms with Gasteiger partial charge in [0, 0.05) is 11.3 Å². The minimum atomic E-state index is -0.566. The second-order valence-corrected chi connectivity index (χ2v) is 8.73. The Balaban J connectivity index is 1.75. The van der Waals surface area contributed by atoms with Gasteiger partial charge in [-0.2, -0.15) is 0 Å². The van der Waals surface area contributed by atoms with Crippen LogP contribution in [0.4, 0.5) is 5.69 Å². The van der Waals surface area contributed by atoms with Crippen LogP contribution in [0.5, 0.6) is 11.6 Å². The van der Waals surface area contributed by atoms with Crippen LogP contribution in [0.15, 0.2) is 83.2 Å². The number of hydrogen-bond donors (Lipinski definition) is 4. The van der Waals surface area contributed by atoms with E-state index in [1.807, 2.05) is 50.2 Å². The number of imidazole rings is 1. The number of benzene rings is 3. The van der Waals surface area contributed by atoms with Crippen molar-refractivity contribution in [2.45, 2.75) is 20.4 Å². The number of H-pyrrole nitrogens is 1. The molecule has 0 atom stereocenters. The molecule has 1 heterocycles. The second-order valence-electron chi connectivity index (χ2n) is 8.73. The van der Waals surface area contributed by atoms with Crippen molar-refractivity contribution in [1.29, 1.82) is 5.41 Å². The van der Waals surface area contributed by atoms with Crippen LogP contribution in [0.1, 0.15) is 27.9 Å². The Morgan fingerprint density at radius 3 is 2.49 bits per heavy atom. The van der Waals surface area contributed by atoms with Gasteiger partial charge in [-0.25, -0.2) is 4.79 Å². The number of methoxy groups -OCH3 is 1. The summed E-state index contributed by atoms with van der Waals surface area (Å²) in [4.78, 5) is 28.7. The first-order chi connectivity index (χ1) is 17.7. The summed E-state index contributed by atoms with van der Waals surface area (Å²) in [6, 6.07) is 21.6. The summed E-state index contributed by atoms with van der Waals surface area (Å²) in [6.07, 6.45) is 1.31.